The Bertz CT molecular complexity index is 500. The van der Waals surface area contributed by atoms with E-state index in [2.05, 4.69) is 0 Å². The fourth-order valence-electron chi connectivity index (χ4n) is 0.941. The minimum atomic E-state index is -5.61. The van der Waals surface area contributed by atoms with Crippen molar-refractivity contribution in [2.45, 2.75) is 11.8 Å². The topological polar surface area (TPSA) is 57.2 Å². The van der Waals surface area contributed by atoms with Crippen LogP contribution in [-0.4, -0.2) is 13.0 Å². The Balaban J connectivity index is 0.00000225. The third-order valence-corrected chi connectivity index (χ3v) is 2.55. The van der Waals surface area contributed by atoms with Crippen molar-refractivity contribution in [3.63, 3.8) is 0 Å². The molecule has 0 heterocycles. The molecule has 16 heavy (non-hydrogen) atoms. The van der Waals surface area contributed by atoms with Crippen LogP contribution in [0.4, 0.5) is 17.6 Å². The first kappa shape index (κ1) is 15.9. The van der Waals surface area contributed by atoms with Gasteiger partial charge in [-0.3, -0.25) is 0 Å². The van der Waals surface area contributed by atoms with Crippen molar-refractivity contribution >= 4 is 10.1 Å². The van der Waals surface area contributed by atoms with E-state index in [9.17, 15) is 30.5 Å². The Labute approximate surface area is 111 Å². The van der Waals surface area contributed by atoms with E-state index in [1.807, 2.05) is 0 Å². The van der Waals surface area contributed by atoms with Crippen LogP contribution in [0.25, 0.3) is 0 Å². The predicted octanol–water partition coefficient (Wildman–Crippen LogP) is -1.54. The van der Waals surface area contributed by atoms with Gasteiger partial charge >= 0.3 is 29.6 Å². The first-order chi connectivity index (χ1) is 6.68. The quantitative estimate of drug-likeness (QED) is 0.268. The van der Waals surface area contributed by atoms with Gasteiger partial charge in [-0.05, 0) is 6.92 Å². The molecule has 84 valence electrons. The fourth-order valence-corrected chi connectivity index (χ4v) is 1.56. The Hall–Kier alpha value is -0.150. The van der Waals surface area contributed by atoms with Crippen molar-refractivity contribution < 1.29 is 60.1 Å². The van der Waals surface area contributed by atoms with Crippen molar-refractivity contribution in [2.75, 3.05) is 0 Å². The van der Waals surface area contributed by atoms with Crippen molar-refractivity contribution in [1.82, 2.24) is 0 Å². The molecule has 0 bridgehead atoms. The zero-order valence-electron chi connectivity index (χ0n) is 8.14. The maximum atomic E-state index is 12.8. The molecule has 0 spiro atoms. The maximum absolute atomic E-state index is 12.8. The van der Waals surface area contributed by atoms with Gasteiger partial charge in [-0.1, -0.05) is 0 Å². The molecule has 0 aliphatic carbocycles. The normalized spacial score (nSPS) is 11.1. The first-order valence-electron chi connectivity index (χ1n) is 3.46. The summed E-state index contributed by atoms with van der Waals surface area (Å²) in [6, 6.07) is 0. The summed E-state index contributed by atoms with van der Waals surface area (Å²) >= 11 is 0. The van der Waals surface area contributed by atoms with Crippen LogP contribution in [0, 0.1) is 30.2 Å². The monoisotopic (exact) mass is 266 g/mol. The zero-order chi connectivity index (χ0) is 12.0. The Kier molecular flexibility index (Phi) is 4.96. The Morgan fingerprint density at radius 2 is 1.25 bits per heavy atom. The second-order valence-electron chi connectivity index (χ2n) is 2.66. The van der Waals surface area contributed by atoms with Gasteiger partial charge in [0.25, 0.3) is 0 Å². The molecular formula is C7H3F4NaO3S. The van der Waals surface area contributed by atoms with Crippen LogP contribution >= 0.6 is 0 Å². The molecule has 0 aliphatic heterocycles. The van der Waals surface area contributed by atoms with E-state index in [0.29, 0.717) is 6.92 Å². The summed E-state index contributed by atoms with van der Waals surface area (Å²) in [5.41, 5.74) is -1.03. The van der Waals surface area contributed by atoms with Gasteiger partial charge in [0.1, 0.15) is 15.0 Å². The van der Waals surface area contributed by atoms with Crippen molar-refractivity contribution in [3.8, 4) is 0 Å². The van der Waals surface area contributed by atoms with E-state index in [1.54, 1.807) is 0 Å². The van der Waals surface area contributed by atoms with Gasteiger partial charge in [-0.15, -0.1) is 0 Å². The van der Waals surface area contributed by atoms with Crippen LogP contribution in [0.3, 0.4) is 0 Å². The second-order valence-corrected chi connectivity index (χ2v) is 3.98. The molecule has 0 aromatic heterocycles. The van der Waals surface area contributed by atoms with E-state index in [4.69, 9.17) is 0 Å². The Morgan fingerprint density at radius 3 is 1.50 bits per heavy atom. The molecule has 0 atom stereocenters. The number of hydrogen-bond acceptors (Lipinski definition) is 3. The van der Waals surface area contributed by atoms with Gasteiger partial charge in [0.2, 0.25) is 0 Å². The van der Waals surface area contributed by atoms with Crippen molar-refractivity contribution in [3.05, 3.63) is 28.8 Å². The van der Waals surface area contributed by atoms with E-state index in [0.717, 1.165) is 0 Å². The molecule has 1 aromatic rings. The number of halogens is 4. The average Bonchev–Trinajstić information content (AvgIpc) is 2.09. The molecule has 0 saturated heterocycles. The number of rotatable bonds is 1. The van der Waals surface area contributed by atoms with E-state index >= 15 is 0 Å². The van der Waals surface area contributed by atoms with E-state index in [1.165, 1.54) is 0 Å². The zero-order valence-corrected chi connectivity index (χ0v) is 11.0. The minimum Gasteiger partial charge on any atom is -0.744 e. The van der Waals surface area contributed by atoms with Gasteiger partial charge in [-0.2, -0.15) is 0 Å². The molecule has 0 aliphatic rings. The molecular weight excluding hydrogens is 263 g/mol. The van der Waals surface area contributed by atoms with Gasteiger partial charge in [0.15, 0.2) is 23.3 Å². The van der Waals surface area contributed by atoms with Crippen molar-refractivity contribution in [2.24, 2.45) is 0 Å². The van der Waals surface area contributed by atoms with Gasteiger partial charge in [0, 0.05) is 5.56 Å². The Morgan fingerprint density at radius 1 is 0.938 bits per heavy atom. The van der Waals surface area contributed by atoms with Crippen LogP contribution in [0.5, 0.6) is 0 Å². The molecule has 0 N–H and O–H groups in total. The molecule has 3 nitrogen and oxygen atoms in total. The van der Waals surface area contributed by atoms with Gasteiger partial charge < -0.3 is 4.55 Å². The number of benzene rings is 1. The molecule has 1 rings (SSSR count). The summed E-state index contributed by atoms with van der Waals surface area (Å²) in [4.78, 5) is -2.14. The third kappa shape index (κ3) is 2.57. The van der Waals surface area contributed by atoms with Gasteiger partial charge in [0.05, 0.1) is 0 Å². The van der Waals surface area contributed by atoms with Crippen LogP contribution in [0.1, 0.15) is 5.56 Å². The van der Waals surface area contributed by atoms with Crippen LogP contribution < -0.4 is 29.6 Å². The summed E-state index contributed by atoms with van der Waals surface area (Å²) in [5, 5.41) is 0. The predicted molar refractivity (Wildman–Crippen MR) is 39.0 cm³/mol. The molecule has 0 amide bonds. The third-order valence-electron chi connectivity index (χ3n) is 1.69. The smallest absolute Gasteiger partial charge is 0.744 e. The average molecular weight is 266 g/mol. The van der Waals surface area contributed by atoms with E-state index < -0.39 is 43.8 Å². The number of hydrogen-bond donors (Lipinski definition) is 0. The van der Waals surface area contributed by atoms with Crippen LogP contribution in [0.15, 0.2) is 4.90 Å². The van der Waals surface area contributed by atoms with Crippen molar-refractivity contribution in [1.29, 1.82) is 0 Å². The first-order valence-corrected chi connectivity index (χ1v) is 4.87. The van der Waals surface area contributed by atoms with Crippen LogP contribution in [-0.2, 0) is 10.1 Å². The summed E-state index contributed by atoms with van der Waals surface area (Å²) in [5.74, 6) is -8.21. The maximum Gasteiger partial charge on any atom is 1.00 e. The van der Waals surface area contributed by atoms with Gasteiger partial charge in [-0.25, -0.2) is 26.0 Å². The molecule has 0 radical (unpaired) electrons. The van der Waals surface area contributed by atoms with Crippen LogP contribution in [0.2, 0.25) is 0 Å². The fraction of sp³-hybridized carbons (Fsp3) is 0.143. The molecule has 1 aromatic carbocycles. The summed E-state index contributed by atoms with van der Waals surface area (Å²) in [7, 11) is -5.61. The summed E-state index contributed by atoms with van der Waals surface area (Å²) < 4.78 is 82.2. The standard InChI is InChI=1S/C7H4F4O3S.Na/c1-2-3(8)5(10)7(15(12,13)14)6(11)4(2)9;/h1H3,(H,12,13,14);/q;+1/p-1. The SMILES string of the molecule is Cc1c(F)c(F)c(S(=O)(=O)[O-])c(F)c1F.[Na+]. The molecule has 0 fully saturated rings. The molecule has 0 saturated carbocycles. The minimum absolute atomic E-state index is 0. The second kappa shape index (κ2) is 5.01. The largest absolute Gasteiger partial charge is 1.00 e. The molecule has 9 heteroatoms. The summed E-state index contributed by atoms with van der Waals surface area (Å²) in [6.07, 6.45) is 0. The summed E-state index contributed by atoms with van der Waals surface area (Å²) in [6.45, 7) is 0.706. The van der Waals surface area contributed by atoms with E-state index in [-0.39, 0.29) is 29.6 Å². The molecule has 0 unspecified atom stereocenters.